The number of rotatable bonds is 7. The van der Waals surface area contributed by atoms with E-state index in [0.29, 0.717) is 18.9 Å². The molecule has 1 aromatic heterocycles. The van der Waals surface area contributed by atoms with Gasteiger partial charge in [0.25, 0.3) is 0 Å². The molecule has 1 atom stereocenters. The van der Waals surface area contributed by atoms with Crippen LogP contribution in [-0.4, -0.2) is 47.4 Å². The fourth-order valence-electron chi connectivity index (χ4n) is 2.58. The number of nitrogens with two attached hydrogens (primary N) is 1. The van der Waals surface area contributed by atoms with Crippen LogP contribution in [0.5, 0.6) is 5.75 Å². The Kier molecular flexibility index (Phi) is 7.36. The standard InChI is InChI=1S/C16H22N4O2S.ClH/c1-21-14-4-2-13(3-5-14)20-15(6-8-17)18-19-16(20)23-11-12-7-9-22-10-12;/h2-5,12H,6-11,17H2,1H3;1H. The molecule has 8 heteroatoms. The van der Waals surface area contributed by atoms with E-state index < -0.39 is 0 Å². The minimum atomic E-state index is 0. The maximum absolute atomic E-state index is 5.71. The lowest BCUT2D eigenvalue weighted by atomic mass is 10.2. The molecular weight excluding hydrogens is 348 g/mol. The molecule has 1 aromatic carbocycles. The molecule has 0 saturated carbocycles. The number of ether oxygens (including phenoxy) is 2. The van der Waals surface area contributed by atoms with Crippen molar-refractivity contribution in [2.75, 3.05) is 32.6 Å². The van der Waals surface area contributed by atoms with Crippen LogP contribution < -0.4 is 10.5 Å². The van der Waals surface area contributed by atoms with Crippen LogP contribution >= 0.6 is 24.2 Å². The van der Waals surface area contributed by atoms with Gasteiger partial charge in [-0.3, -0.25) is 4.57 Å². The molecule has 1 fully saturated rings. The molecule has 1 unspecified atom stereocenters. The van der Waals surface area contributed by atoms with Crippen LogP contribution in [0.25, 0.3) is 5.69 Å². The molecule has 132 valence electrons. The first-order valence-corrected chi connectivity index (χ1v) is 8.79. The number of halogens is 1. The van der Waals surface area contributed by atoms with E-state index in [0.717, 1.165) is 47.8 Å². The Bertz CT molecular complexity index is 630. The predicted molar refractivity (Wildman–Crippen MR) is 97.6 cm³/mol. The molecular formula is C16H23ClN4O2S. The van der Waals surface area contributed by atoms with Crippen molar-refractivity contribution in [2.45, 2.75) is 18.0 Å². The molecule has 1 aliphatic heterocycles. The van der Waals surface area contributed by atoms with Gasteiger partial charge in [0, 0.05) is 24.5 Å². The summed E-state index contributed by atoms with van der Waals surface area (Å²) >= 11 is 1.73. The number of nitrogens with zero attached hydrogens (tertiary/aromatic N) is 3. The molecule has 0 spiro atoms. The second-order valence-corrected chi connectivity index (χ2v) is 6.50. The lowest BCUT2D eigenvalue weighted by molar-refractivity contribution is 0.189. The summed E-state index contributed by atoms with van der Waals surface area (Å²) in [5, 5.41) is 9.59. The molecule has 2 aromatic rings. The summed E-state index contributed by atoms with van der Waals surface area (Å²) in [6.07, 6.45) is 1.82. The maximum Gasteiger partial charge on any atom is 0.195 e. The van der Waals surface area contributed by atoms with Gasteiger partial charge in [-0.15, -0.1) is 22.6 Å². The zero-order valence-electron chi connectivity index (χ0n) is 13.7. The molecule has 2 heterocycles. The number of methoxy groups -OCH3 is 1. The second kappa shape index (κ2) is 9.27. The van der Waals surface area contributed by atoms with Gasteiger partial charge < -0.3 is 15.2 Å². The van der Waals surface area contributed by atoms with Gasteiger partial charge in [-0.25, -0.2) is 0 Å². The number of thioether (sulfide) groups is 1. The Morgan fingerprint density at radius 3 is 2.75 bits per heavy atom. The predicted octanol–water partition coefficient (Wildman–Crippen LogP) is 2.33. The van der Waals surface area contributed by atoms with Crippen LogP contribution in [0.1, 0.15) is 12.2 Å². The van der Waals surface area contributed by atoms with Crippen LogP contribution in [-0.2, 0) is 11.2 Å². The van der Waals surface area contributed by atoms with Gasteiger partial charge in [-0.2, -0.15) is 0 Å². The molecule has 0 aliphatic carbocycles. The smallest absolute Gasteiger partial charge is 0.195 e. The van der Waals surface area contributed by atoms with Crippen LogP contribution in [0.2, 0.25) is 0 Å². The number of hydrogen-bond acceptors (Lipinski definition) is 6. The fourth-order valence-corrected chi connectivity index (χ4v) is 3.67. The third-order valence-electron chi connectivity index (χ3n) is 3.87. The van der Waals surface area contributed by atoms with Crippen molar-refractivity contribution in [1.82, 2.24) is 14.8 Å². The zero-order valence-corrected chi connectivity index (χ0v) is 15.3. The summed E-state index contributed by atoms with van der Waals surface area (Å²) in [5.41, 5.74) is 6.74. The molecule has 3 rings (SSSR count). The Balaban J connectivity index is 0.00000208. The molecule has 1 aliphatic rings. The van der Waals surface area contributed by atoms with Crippen molar-refractivity contribution in [3.8, 4) is 11.4 Å². The largest absolute Gasteiger partial charge is 0.497 e. The quantitative estimate of drug-likeness (QED) is 0.754. The summed E-state index contributed by atoms with van der Waals surface area (Å²) in [6.45, 7) is 2.27. The third-order valence-corrected chi connectivity index (χ3v) is 5.03. The Morgan fingerprint density at radius 1 is 1.33 bits per heavy atom. The van der Waals surface area contributed by atoms with Crippen LogP contribution in [0, 0.1) is 5.92 Å². The average Bonchev–Trinajstić information content (AvgIpc) is 3.23. The van der Waals surface area contributed by atoms with Gasteiger partial charge >= 0.3 is 0 Å². The lowest BCUT2D eigenvalue weighted by Crippen LogP contribution is -2.10. The monoisotopic (exact) mass is 370 g/mol. The molecule has 24 heavy (non-hydrogen) atoms. The van der Waals surface area contributed by atoms with Crippen LogP contribution in [0.3, 0.4) is 0 Å². The molecule has 6 nitrogen and oxygen atoms in total. The molecule has 0 bridgehead atoms. The summed E-state index contributed by atoms with van der Waals surface area (Å²) in [7, 11) is 1.67. The van der Waals surface area contributed by atoms with Crippen molar-refractivity contribution < 1.29 is 9.47 Å². The first-order chi connectivity index (χ1) is 11.3. The van der Waals surface area contributed by atoms with Gasteiger partial charge in [-0.05, 0) is 43.1 Å². The SMILES string of the molecule is COc1ccc(-n2c(CCN)nnc2SCC2CCOC2)cc1.Cl. The van der Waals surface area contributed by atoms with E-state index in [-0.39, 0.29) is 12.4 Å². The first kappa shape index (κ1) is 19.1. The zero-order chi connectivity index (χ0) is 16.1. The number of aromatic nitrogens is 3. The number of benzene rings is 1. The Morgan fingerprint density at radius 2 is 2.12 bits per heavy atom. The first-order valence-electron chi connectivity index (χ1n) is 7.81. The molecule has 2 N–H and O–H groups in total. The van der Waals surface area contributed by atoms with E-state index in [1.807, 2.05) is 24.3 Å². The Hall–Kier alpha value is -1.28. The topological polar surface area (TPSA) is 75.2 Å². The van der Waals surface area contributed by atoms with E-state index in [1.165, 1.54) is 0 Å². The fraction of sp³-hybridized carbons (Fsp3) is 0.500. The van der Waals surface area contributed by atoms with Crippen molar-refractivity contribution in [3.05, 3.63) is 30.1 Å². The van der Waals surface area contributed by atoms with Crippen LogP contribution in [0.4, 0.5) is 0 Å². The highest BCUT2D eigenvalue weighted by atomic mass is 35.5. The third kappa shape index (κ3) is 4.42. The van der Waals surface area contributed by atoms with Gasteiger partial charge in [-0.1, -0.05) is 11.8 Å². The summed E-state index contributed by atoms with van der Waals surface area (Å²) in [4.78, 5) is 0. The van der Waals surface area contributed by atoms with E-state index >= 15 is 0 Å². The van der Waals surface area contributed by atoms with Crippen molar-refractivity contribution in [3.63, 3.8) is 0 Å². The van der Waals surface area contributed by atoms with E-state index in [1.54, 1.807) is 18.9 Å². The highest BCUT2D eigenvalue weighted by Gasteiger charge is 2.19. The highest BCUT2D eigenvalue weighted by molar-refractivity contribution is 7.99. The maximum atomic E-state index is 5.71. The highest BCUT2D eigenvalue weighted by Crippen LogP contribution is 2.27. The van der Waals surface area contributed by atoms with Crippen molar-refractivity contribution >= 4 is 24.2 Å². The van der Waals surface area contributed by atoms with E-state index in [2.05, 4.69) is 14.8 Å². The number of hydrogen-bond donors (Lipinski definition) is 1. The minimum Gasteiger partial charge on any atom is -0.497 e. The normalized spacial score (nSPS) is 16.8. The second-order valence-electron chi connectivity index (χ2n) is 5.51. The van der Waals surface area contributed by atoms with Gasteiger partial charge in [0.05, 0.1) is 13.7 Å². The molecule has 1 saturated heterocycles. The van der Waals surface area contributed by atoms with Gasteiger partial charge in [0.15, 0.2) is 5.16 Å². The van der Waals surface area contributed by atoms with Crippen molar-refractivity contribution in [1.29, 1.82) is 0 Å². The van der Waals surface area contributed by atoms with E-state index in [4.69, 9.17) is 15.2 Å². The lowest BCUT2D eigenvalue weighted by Gasteiger charge is -2.12. The molecule has 0 radical (unpaired) electrons. The van der Waals surface area contributed by atoms with Gasteiger partial charge in [0.1, 0.15) is 11.6 Å². The van der Waals surface area contributed by atoms with E-state index in [9.17, 15) is 0 Å². The molecule has 0 amide bonds. The average molecular weight is 371 g/mol. The summed E-state index contributed by atoms with van der Waals surface area (Å²) in [6, 6.07) is 7.93. The summed E-state index contributed by atoms with van der Waals surface area (Å²) in [5.74, 6) is 3.32. The van der Waals surface area contributed by atoms with Gasteiger partial charge in [0.2, 0.25) is 0 Å². The van der Waals surface area contributed by atoms with Crippen LogP contribution in [0.15, 0.2) is 29.4 Å². The Labute approximate surface area is 152 Å². The van der Waals surface area contributed by atoms with Crippen molar-refractivity contribution in [2.24, 2.45) is 11.7 Å². The summed E-state index contributed by atoms with van der Waals surface area (Å²) < 4.78 is 12.8. The minimum absolute atomic E-state index is 0.